The molecule has 0 bridgehead atoms. The highest BCUT2D eigenvalue weighted by Gasteiger charge is 2.04. The lowest BCUT2D eigenvalue weighted by Crippen LogP contribution is -3.00. The topological polar surface area (TPSA) is 27.7 Å². The maximum atomic E-state index is 4.93. The van der Waals surface area contributed by atoms with Gasteiger partial charge in [0.05, 0.1) is 90.8 Å². The van der Waals surface area contributed by atoms with Gasteiger partial charge in [0.25, 0.3) is 0 Å². The highest BCUT2D eigenvalue weighted by atomic mass is 35.5. The Labute approximate surface area is 169 Å². The number of nitrogens with zero attached hydrogens (tertiary/aromatic N) is 3. The third-order valence-corrected chi connectivity index (χ3v) is 2.27. The summed E-state index contributed by atoms with van der Waals surface area (Å²) in [6.07, 6.45) is 1.15. The Hall–Kier alpha value is 0.630. The molecular formula is C15H42Cl3N3O3. The summed E-state index contributed by atoms with van der Waals surface area (Å²) in [5.41, 5.74) is 0. The molecule has 0 saturated heterocycles. The number of methoxy groups -OCH3 is 1. The van der Waals surface area contributed by atoms with Gasteiger partial charge in [-0.15, -0.1) is 0 Å². The first-order valence-electron chi connectivity index (χ1n) is 7.22. The lowest BCUT2D eigenvalue weighted by atomic mass is 10.4. The van der Waals surface area contributed by atoms with Gasteiger partial charge in [-0.25, -0.2) is 9.68 Å². The smallest absolute Gasteiger partial charge is 0.0981 e. The quantitative estimate of drug-likeness (QED) is 0.244. The molecule has 0 heterocycles. The standard InChI is InChI=1S/C7H18NO.2C4H12NO.3ClH/c1-8(2,3)6-5-7-9-4;2*1-5(2,3)6-4;;;/h5-7H2,1-4H3;2*1-4H3;3*1H/q3*+1;;;/p-3. The molecule has 0 saturated carbocycles. The van der Waals surface area contributed by atoms with Crippen molar-refractivity contribution in [1.29, 1.82) is 0 Å². The van der Waals surface area contributed by atoms with E-state index in [1.165, 1.54) is 6.54 Å². The molecule has 0 aromatic rings. The summed E-state index contributed by atoms with van der Waals surface area (Å²) in [6, 6.07) is 0. The maximum absolute atomic E-state index is 4.93. The highest BCUT2D eigenvalue weighted by Crippen LogP contribution is 1.92. The predicted octanol–water partition coefficient (Wildman–Crippen LogP) is -7.75. The maximum Gasteiger partial charge on any atom is 0.0981 e. The molecule has 0 aliphatic carbocycles. The monoisotopic (exact) mass is 417 g/mol. The Morgan fingerprint density at radius 2 is 0.833 bits per heavy atom. The number of hydrogen-bond acceptors (Lipinski definition) is 3. The SMILES string of the molecule is COCCC[N+](C)(C)C.CO[N+](C)(C)C.CO[N+](C)(C)C.[Cl-].[Cl-].[Cl-]. The first-order valence-corrected chi connectivity index (χ1v) is 7.22. The van der Waals surface area contributed by atoms with Gasteiger partial charge in [-0.2, -0.15) is 9.29 Å². The number of quaternary nitrogens is 3. The van der Waals surface area contributed by atoms with Gasteiger partial charge in [-0.05, 0) is 0 Å². The van der Waals surface area contributed by atoms with Gasteiger partial charge in [-0.1, -0.05) is 0 Å². The van der Waals surface area contributed by atoms with Crippen molar-refractivity contribution in [1.82, 2.24) is 0 Å². The second kappa shape index (κ2) is 19.9. The molecule has 0 aliphatic heterocycles. The Morgan fingerprint density at radius 1 is 0.583 bits per heavy atom. The second-order valence-electron chi connectivity index (χ2n) is 7.50. The van der Waals surface area contributed by atoms with Crippen LogP contribution in [0.4, 0.5) is 0 Å². The molecule has 0 radical (unpaired) electrons. The van der Waals surface area contributed by atoms with E-state index in [1.54, 1.807) is 21.3 Å². The van der Waals surface area contributed by atoms with E-state index in [2.05, 4.69) is 21.1 Å². The van der Waals surface area contributed by atoms with Crippen LogP contribution in [0, 0.1) is 0 Å². The number of hydroxylamine groups is 6. The second-order valence-corrected chi connectivity index (χ2v) is 7.50. The van der Waals surface area contributed by atoms with Crippen molar-refractivity contribution in [2.45, 2.75) is 6.42 Å². The zero-order valence-corrected chi connectivity index (χ0v) is 20.1. The van der Waals surface area contributed by atoms with Gasteiger partial charge in [0.2, 0.25) is 0 Å². The molecule has 6 nitrogen and oxygen atoms in total. The molecule has 0 N–H and O–H groups in total. The summed E-state index contributed by atoms with van der Waals surface area (Å²) < 4.78 is 7.10. The van der Waals surface area contributed by atoms with Crippen molar-refractivity contribution in [3.8, 4) is 0 Å². The fourth-order valence-electron chi connectivity index (χ4n) is 0.683. The fraction of sp³-hybridized carbons (Fsp3) is 1.00. The van der Waals surface area contributed by atoms with E-state index < -0.39 is 0 Å². The lowest BCUT2D eigenvalue weighted by Gasteiger charge is -2.23. The zero-order valence-electron chi connectivity index (χ0n) is 17.8. The van der Waals surface area contributed by atoms with Crippen LogP contribution >= 0.6 is 0 Å². The Bertz CT molecular complexity index is 215. The van der Waals surface area contributed by atoms with Crippen molar-refractivity contribution < 1.29 is 65.4 Å². The van der Waals surface area contributed by atoms with Crippen molar-refractivity contribution in [2.24, 2.45) is 0 Å². The minimum absolute atomic E-state index is 0. The first kappa shape index (κ1) is 39.6. The van der Waals surface area contributed by atoms with Crippen LogP contribution in [0.25, 0.3) is 0 Å². The van der Waals surface area contributed by atoms with Crippen LogP contribution in [0.1, 0.15) is 6.42 Å². The average molecular weight is 419 g/mol. The van der Waals surface area contributed by atoms with Gasteiger partial charge >= 0.3 is 0 Å². The molecule has 0 spiro atoms. The van der Waals surface area contributed by atoms with Crippen LogP contribution in [0.2, 0.25) is 0 Å². The van der Waals surface area contributed by atoms with Crippen molar-refractivity contribution in [3.05, 3.63) is 0 Å². The van der Waals surface area contributed by atoms with Crippen molar-refractivity contribution in [2.75, 3.05) is 97.9 Å². The summed E-state index contributed by atoms with van der Waals surface area (Å²) in [5, 5.41) is 0. The van der Waals surface area contributed by atoms with Crippen LogP contribution < -0.4 is 37.2 Å². The largest absolute Gasteiger partial charge is 1.00 e. The van der Waals surface area contributed by atoms with E-state index in [0.717, 1.165) is 17.5 Å². The Kier molecular flexibility index (Phi) is 32.9. The van der Waals surface area contributed by atoms with Gasteiger partial charge in [0.15, 0.2) is 0 Å². The lowest BCUT2D eigenvalue weighted by molar-refractivity contribution is -1.06. The summed E-state index contributed by atoms with van der Waals surface area (Å²) >= 11 is 0. The number of hydrogen-bond donors (Lipinski definition) is 0. The molecule has 0 aromatic heterocycles. The minimum atomic E-state index is 0. The Balaban J connectivity index is -0.0000000490. The summed E-state index contributed by atoms with van der Waals surface area (Å²) in [7, 11) is 23.4. The van der Waals surface area contributed by atoms with Crippen LogP contribution in [-0.2, 0) is 14.4 Å². The van der Waals surface area contributed by atoms with E-state index in [4.69, 9.17) is 14.4 Å². The number of rotatable bonds is 6. The van der Waals surface area contributed by atoms with Gasteiger partial charge < -0.3 is 46.4 Å². The molecular weight excluding hydrogens is 377 g/mol. The van der Waals surface area contributed by atoms with Crippen LogP contribution in [0.3, 0.4) is 0 Å². The molecule has 0 fully saturated rings. The van der Waals surface area contributed by atoms with E-state index in [-0.39, 0.29) is 37.2 Å². The van der Waals surface area contributed by atoms with Crippen LogP contribution in [-0.4, -0.2) is 112 Å². The first-order chi connectivity index (χ1) is 9.18. The van der Waals surface area contributed by atoms with Gasteiger partial charge in [-0.3, -0.25) is 0 Å². The summed E-state index contributed by atoms with van der Waals surface area (Å²) in [4.78, 5) is 9.75. The minimum Gasteiger partial charge on any atom is -1.00 e. The fourth-order valence-corrected chi connectivity index (χ4v) is 0.683. The molecule has 0 atom stereocenters. The van der Waals surface area contributed by atoms with Crippen LogP contribution in [0.15, 0.2) is 0 Å². The third kappa shape index (κ3) is 66.4. The van der Waals surface area contributed by atoms with E-state index >= 15 is 0 Å². The number of halogens is 3. The average Bonchev–Trinajstić information content (AvgIpc) is 2.27. The zero-order chi connectivity index (χ0) is 17.7. The molecule has 156 valence electrons. The molecule has 9 heteroatoms. The Morgan fingerprint density at radius 3 is 0.958 bits per heavy atom. The third-order valence-electron chi connectivity index (χ3n) is 2.27. The van der Waals surface area contributed by atoms with E-state index in [9.17, 15) is 0 Å². The molecule has 0 aromatic carbocycles. The van der Waals surface area contributed by atoms with E-state index in [1.807, 2.05) is 42.3 Å². The highest BCUT2D eigenvalue weighted by molar-refractivity contribution is 4.30. The predicted molar refractivity (Wildman–Crippen MR) is 89.5 cm³/mol. The number of ether oxygens (including phenoxy) is 1. The van der Waals surface area contributed by atoms with Crippen molar-refractivity contribution in [3.63, 3.8) is 0 Å². The van der Waals surface area contributed by atoms with Crippen LogP contribution in [0.5, 0.6) is 0 Å². The van der Waals surface area contributed by atoms with Gasteiger partial charge in [0, 0.05) is 13.5 Å². The molecule has 0 aliphatic rings. The summed E-state index contributed by atoms with van der Waals surface area (Å²) in [6.45, 7) is 2.07. The van der Waals surface area contributed by atoms with E-state index in [0.29, 0.717) is 9.29 Å². The van der Waals surface area contributed by atoms with Crippen molar-refractivity contribution >= 4 is 0 Å². The molecule has 24 heavy (non-hydrogen) atoms. The molecule has 0 unspecified atom stereocenters. The molecule has 0 rings (SSSR count). The normalized spacial score (nSPS) is 10.5. The summed E-state index contributed by atoms with van der Waals surface area (Å²) in [5.74, 6) is 0. The van der Waals surface area contributed by atoms with Gasteiger partial charge in [0.1, 0.15) is 0 Å². The molecule has 0 amide bonds.